The number of carbonyl (C=O) groups excluding carboxylic acids is 2. The van der Waals surface area contributed by atoms with Crippen LogP contribution in [0.4, 0.5) is 0 Å². The molecule has 0 unspecified atom stereocenters. The van der Waals surface area contributed by atoms with Gasteiger partial charge in [0, 0.05) is 5.92 Å². The van der Waals surface area contributed by atoms with E-state index in [1.54, 1.807) is 0 Å². The van der Waals surface area contributed by atoms with E-state index in [1.807, 2.05) is 0 Å². The van der Waals surface area contributed by atoms with Gasteiger partial charge in [-0.15, -0.1) is 0 Å². The summed E-state index contributed by atoms with van der Waals surface area (Å²) in [7, 11) is 1.24. The summed E-state index contributed by atoms with van der Waals surface area (Å²) in [6.07, 6.45) is 1.77. The number of hydrogen-bond donors (Lipinski definition) is 0. The zero-order chi connectivity index (χ0) is 8.43. The van der Waals surface area contributed by atoms with Crippen molar-refractivity contribution in [2.24, 2.45) is 5.92 Å². The van der Waals surface area contributed by atoms with Gasteiger partial charge >= 0.3 is 5.97 Å². The van der Waals surface area contributed by atoms with Gasteiger partial charge in [0.1, 0.15) is 0 Å². The maximum atomic E-state index is 11.1. The van der Waals surface area contributed by atoms with E-state index in [0.29, 0.717) is 0 Å². The van der Waals surface area contributed by atoms with Gasteiger partial charge < -0.3 is 4.74 Å². The van der Waals surface area contributed by atoms with E-state index in [0.717, 1.165) is 12.8 Å². The highest BCUT2D eigenvalue weighted by Crippen LogP contribution is 2.31. The van der Waals surface area contributed by atoms with Crippen LogP contribution in [0.25, 0.3) is 0 Å². The van der Waals surface area contributed by atoms with E-state index in [-0.39, 0.29) is 17.3 Å². The second-order valence-electron chi connectivity index (χ2n) is 2.61. The summed E-state index contributed by atoms with van der Waals surface area (Å²) in [6.45, 7) is 3.36. The first-order chi connectivity index (χ1) is 5.16. The van der Waals surface area contributed by atoms with E-state index in [4.69, 9.17) is 0 Å². The number of methoxy groups -OCH3 is 1. The van der Waals surface area contributed by atoms with Gasteiger partial charge in [0.2, 0.25) is 0 Å². The molecule has 0 atom stereocenters. The first-order valence-corrected chi connectivity index (χ1v) is 3.48. The number of esters is 1. The van der Waals surface area contributed by atoms with Crippen molar-refractivity contribution < 1.29 is 14.3 Å². The first kappa shape index (κ1) is 7.98. The number of carbonyl (C=O) groups is 2. The highest BCUT2D eigenvalue weighted by atomic mass is 16.5. The molecule has 0 heterocycles. The van der Waals surface area contributed by atoms with E-state index in [2.05, 4.69) is 11.3 Å². The van der Waals surface area contributed by atoms with Gasteiger partial charge in [0.05, 0.1) is 12.7 Å². The molecular weight excluding hydrogens is 144 g/mol. The fourth-order valence-corrected chi connectivity index (χ4v) is 0.816. The number of rotatable bonds is 3. The van der Waals surface area contributed by atoms with Gasteiger partial charge in [-0.25, -0.2) is 4.79 Å². The number of ether oxygens (including phenoxy) is 1. The summed E-state index contributed by atoms with van der Waals surface area (Å²) in [5.41, 5.74) is -0.0185. The topological polar surface area (TPSA) is 43.4 Å². The predicted octanol–water partition coefficient (Wildman–Crippen LogP) is 0.695. The number of hydrogen-bond acceptors (Lipinski definition) is 3. The zero-order valence-corrected chi connectivity index (χ0v) is 6.42. The third-order valence-corrected chi connectivity index (χ3v) is 1.68. The molecule has 0 saturated heterocycles. The molecule has 0 spiro atoms. The van der Waals surface area contributed by atoms with Crippen molar-refractivity contribution in [2.75, 3.05) is 7.11 Å². The Kier molecular flexibility index (Phi) is 2.08. The molecule has 1 aliphatic carbocycles. The molecule has 1 aliphatic rings. The quantitative estimate of drug-likeness (QED) is 0.260. The Morgan fingerprint density at radius 2 is 2.00 bits per heavy atom. The largest absolute Gasteiger partial charge is 0.465 e. The van der Waals surface area contributed by atoms with Crippen LogP contribution in [0.5, 0.6) is 0 Å². The Hall–Kier alpha value is -1.12. The molecule has 60 valence electrons. The van der Waals surface area contributed by atoms with Crippen LogP contribution in [-0.4, -0.2) is 18.9 Å². The van der Waals surface area contributed by atoms with Crippen LogP contribution >= 0.6 is 0 Å². The lowest BCUT2D eigenvalue weighted by Crippen LogP contribution is -2.14. The molecule has 3 heteroatoms. The van der Waals surface area contributed by atoms with Gasteiger partial charge in [0.15, 0.2) is 5.78 Å². The Morgan fingerprint density at radius 1 is 1.45 bits per heavy atom. The highest BCUT2D eigenvalue weighted by molar-refractivity contribution is 6.18. The number of Topliss-reactive ketones (excluding diaryl/α,β-unsaturated/α-hetero) is 1. The van der Waals surface area contributed by atoms with Crippen molar-refractivity contribution >= 4 is 11.8 Å². The molecule has 0 aromatic rings. The molecule has 11 heavy (non-hydrogen) atoms. The maximum Gasteiger partial charge on any atom is 0.340 e. The van der Waals surface area contributed by atoms with Crippen LogP contribution in [-0.2, 0) is 14.3 Å². The zero-order valence-electron chi connectivity index (χ0n) is 6.42. The summed E-state index contributed by atoms with van der Waals surface area (Å²) >= 11 is 0. The summed E-state index contributed by atoms with van der Waals surface area (Å²) in [4.78, 5) is 21.8. The molecular formula is C8H10O3. The average Bonchev–Trinajstić information content (AvgIpc) is 2.82. The fraction of sp³-hybridized carbons (Fsp3) is 0.500. The molecule has 0 bridgehead atoms. The third-order valence-electron chi connectivity index (χ3n) is 1.68. The van der Waals surface area contributed by atoms with Crippen molar-refractivity contribution in [3.8, 4) is 0 Å². The predicted molar refractivity (Wildman–Crippen MR) is 38.9 cm³/mol. The molecule has 0 radical (unpaired) electrons. The van der Waals surface area contributed by atoms with Gasteiger partial charge in [0.25, 0.3) is 0 Å². The second-order valence-corrected chi connectivity index (χ2v) is 2.61. The molecule has 0 amide bonds. The maximum absolute atomic E-state index is 11.1. The Bertz CT molecular complexity index is 213. The Balaban J connectivity index is 2.52. The lowest BCUT2D eigenvalue weighted by atomic mass is 10.1. The van der Waals surface area contributed by atoms with Crippen molar-refractivity contribution in [3.05, 3.63) is 12.2 Å². The third kappa shape index (κ3) is 1.67. The second kappa shape index (κ2) is 2.86. The van der Waals surface area contributed by atoms with Crippen molar-refractivity contribution in [1.82, 2.24) is 0 Å². The molecule has 0 N–H and O–H groups in total. The molecule has 0 aromatic carbocycles. The molecule has 0 aromatic heterocycles. The molecule has 1 rings (SSSR count). The average molecular weight is 154 g/mol. The summed E-state index contributed by atoms with van der Waals surface area (Å²) in [5.74, 6) is -0.722. The summed E-state index contributed by atoms with van der Waals surface area (Å²) in [6, 6.07) is 0. The lowest BCUT2D eigenvalue weighted by molar-refractivity contribution is -0.137. The Labute approximate surface area is 65.0 Å². The van der Waals surface area contributed by atoms with E-state index in [9.17, 15) is 9.59 Å². The van der Waals surface area contributed by atoms with Crippen LogP contribution in [0.2, 0.25) is 0 Å². The minimum absolute atomic E-state index is 0.0185. The van der Waals surface area contributed by atoms with Gasteiger partial charge in [-0.3, -0.25) is 4.79 Å². The number of ketones is 1. The van der Waals surface area contributed by atoms with Gasteiger partial charge in [-0.2, -0.15) is 0 Å². The normalized spacial score (nSPS) is 15.7. The first-order valence-electron chi connectivity index (χ1n) is 3.48. The van der Waals surface area contributed by atoms with Crippen molar-refractivity contribution in [2.45, 2.75) is 12.8 Å². The van der Waals surface area contributed by atoms with Crippen molar-refractivity contribution in [1.29, 1.82) is 0 Å². The van der Waals surface area contributed by atoms with Gasteiger partial charge in [-0.1, -0.05) is 6.58 Å². The standard InChI is InChI=1S/C8H10O3/c1-5(8(10)11-2)7(9)6-3-4-6/h6H,1,3-4H2,2H3. The van der Waals surface area contributed by atoms with Gasteiger partial charge in [-0.05, 0) is 12.8 Å². The van der Waals surface area contributed by atoms with Crippen LogP contribution < -0.4 is 0 Å². The lowest BCUT2D eigenvalue weighted by Gasteiger charge is -1.99. The molecule has 1 saturated carbocycles. The fourth-order valence-electron chi connectivity index (χ4n) is 0.816. The molecule has 3 nitrogen and oxygen atoms in total. The summed E-state index contributed by atoms with van der Waals surface area (Å²) in [5, 5.41) is 0. The van der Waals surface area contributed by atoms with Crippen LogP contribution in [0, 0.1) is 5.92 Å². The molecule has 1 fully saturated rings. The van der Waals surface area contributed by atoms with Crippen LogP contribution in [0.15, 0.2) is 12.2 Å². The minimum Gasteiger partial charge on any atom is -0.465 e. The van der Waals surface area contributed by atoms with E-state index >= 15 is 0 Å². The Morgan fingerprint density at radius 3 is 2.36 bits per heavy atom. The highest BCUT2D eigenvalue weighted by Gasteiger charge is 2.33. The van der Waals surface area contributed by atoms with E-state index in [1.165, 1.54) is 7.11 Å². The van der Waals surface area contributed by atoms with Crippen LogP contribution in [0.1, 0.15) is 12.8 Å². The minimum atomic E-state index is -0.609. The van der Waals surface area contributed by atoms with E-state index < -0.39 is 5.97 Å². The SMILES string of the molecule is C=C(C(=O)OC)C(=O)C1CC1. The monoisotopic (exact) mass is 154 g/mol. The summed E-state index contributed by atoms with van der Waals surface area (Å²) < 4.78 is 4.35. The van der Waals surface area contributed by atoms with Crippen molar-refractivity contribution in [3.63, 3.8) is 0 Å². The van der Waals surface area contributed by atoms with Crippen LogP contribution in [0.3, 0.4) is 0 Å². The molecule has 0 aliphatic heterocycles. The smallest absolute Gasteiger partial charge is 0.340 e.